The van der Waals surface area contributed by atoms with Crippen LogP contribution in [0.2, 0.25) is 5.02 Å². The van der Waals surface area contributed by atoms with Crippen LogP contribution >= 0.6 is 11.6 Å². The van der Waals surface area contributed by atoms with Crippen molar-refractivity contribution in [3.63, 3.8) is 0 Å². The predicted molar refractivity (Wildman–Crippen MR) is 86.5 cm³/mol. The Kier molecular flexibility index (Phi) is 4.30. The summed E-state index contributed by atoms with van der Waals surface area (Å²) in [5.74, 6) is 1.07. The van der Waals surface area contributed by atoms with Gasteiger partial charge in [-0.1, -0.05) is 17.7 Å². The van der Waals surface area contributed by atoms with Gasteiger partial charge in [0.15, 0.2) is 11.5 Å². The van der Waals surface area contributed by atoms with E-state index in [1.807, 2.05) is 19.1 Å². The third-order valence-electron chi connectivity index (χ3n) is 3.45. The van der Waals surface area contributed by atoms with E-state index in [4.69, 9.17) is 31.5 Å². The maximum Gasteiger partial charge on any atom is 0.252 e. The van der Waals surface area contributed by atoms with Gasteiger partial charge >= 0.3 is 0 Å². The van der Waals surface area contributed by atoms with Gasteiger partial charge in [0.25, 0.3) is 5.91 Å². The summed E-state index contributed by atoms with van der Waals surface area (Å²) >= 11 is 6.20. The molecular formula is C17H16ClNO4. The predicted octanol–water partition coefficient (Wildman–Crippen LogP) is 3.10. The van der Waals surface area contributed by atoms with Crippen molar-refractivity contribution in [3.05, 3.63) is 52.0 Å². The zero-order chi connectivity index (χ0) is 16.4. The molecular weight excluding hydrogens is 318 g/mol. The molecule has 3 rings (SSSR count). The molecule has 0 unspecified atom stereocenters. The second-order valence-electron chi connectivity index (χ2n) is 5.25. The highest BCUT2D eigenvalue weighted by Gasteiger charge is 2.17. The fourth-order valence-electron chi connectivity index (χ4n) is 2.36. The molecule has 1 amide bonds. The Hall–Kier alpha value is -2.40. The van der Waals surface area contributed by atoms with Crippen molar-refractivity contribution < 1.29 is 19.0 Å². The smallest absolute Gasteiger partial charge is 0.252 e. The molecule has 6 heteroatoms. The van der Waals surface area contributed by atoms with Gasteiger partial charge in [0.1, 0.15) is 25.6 Å². The quantitative estimate of drug-likeness (QED) is 0.933. The van der Waals surface area contributed by atoms with Crippen molar-refractivity contribution in [1.29, 1.82) is 0 Å². The summed E-state index contributed by atoms with van der Waals surface area (Å²) in [7, 11) is 0. The number of amides is 1. The number of fused-ring (bicyclic) bond motifs is 1. The Balaban J connectivity index is 1.83. The molecule has 0 radical (unpaired) electrons. The van der Waals surface area contributed by atoms with Gasteiger partial charge in [-0.25, -0.2) is 0 Å². The van der Waals surface area contributed by atoms with Crippen molar-refractivity contribution in [3.8, 4) is 17.2 Å². The van der Waals surface area contributed by atoms with Crippen LogP contribution in [-0.2, 0) is 6.61 Å². The van der Waals surface area contributed by atoms with E-state index < -0.39 is 5.91 Å². The van der Waals surface area contributed by atoms with Crippen molar-refractivity contribution >= 4 is 17.5 Å². The molecule has 0 saturated heterocycles. The molecule has 2 N–H and O–H groups in total. The van der Waals surface area contributed by atoms with Gasteiger partial charge in [0.05, 0.1) is 10.6 Å². The number of carbonyl (C=O) groups excluding carboxylic acids is 1. The lowest BCUT2D eigenvalue weighted by Gasteiger charge is -2.20. The molecule has 120 valence electrons. The van der Waals surface area contributed by atoms with Crippen molar-refractivity contribution in [2.75, 3.05) is 13.2 Å². The largest absolute Gasteiger partial charge is 0.488 e. The first kappa shape index (κ1) is 15.5. The third kappa shape index (κ3) is 3.35. The molecule has 0 atom stereocenters. The molecule has 1 aliphatic heterocycles. The number of aryl methyl sites for hydroxylation is 1. The van der Waals surface area contributed by atoms with Gasteiger partial charge < -0.3 is 19.9 Å². The number of ether oxygens (including phenoxy) is 3. The number of hydrogen-bond donors (Lipinski definition) is 1. The monoisotopic (exact) mass is 333 g/mol. The Morgan fingerprint density at radius 3 is 2.83 bits per heavy atom. The first-order valence-electron chi connectivity index (χ1n) is 7.16. The second-order valence-corrected chi connectivity index (χ2v) is 5.66. The van der Waals surface area contributed by atoms with Crippen LogP contribution in [-0.4, -0.2) is 19.1 Å². The highest BCUT2D eigenvalue weighted by molar-refractivity contribution is 6.32. The minimum absolute atomic E-state index is 0.236. The van der Waals surface area contributed by atoms with E-state index in [1.54, 1.807) is 18.2 Å². The first-order valence-corrected chi connectivity index (χ1v) is 7.53. The summed E-state index contributed by atoms with van der Waals surface area (Å²) in [5, 5.41) is 0.472. The molecule has 0 aromatic heterocycles. The Labute approximate surface area is 138 Å². The van der Waals surface area contributed by atoms with Gasteiger partial charge in [0.2, 0.25) is 0 Å². The van der Waals surface area contributed by atoms with Crippen molar-refractivity contribution in [2.24, 2.45) is 5.73 Å². The topological polar surface area (TPSA) is 70.8 Å². The summed E-state index contributed by atoms with van der Waals surface area (Å²) in [6, 6.07) is 8.83. The number of hydrogen-bond acceptors (Lipinski definition) is 4. The van der Waals surface area contributed by atoms with Gasteiger partial charge in [-0.2, -0.15) is 0 Å². The van der Waals surface area contributed by atoms with Gasteiger partial charge in [-0.05, 0) is 42.3 Å². The lowest BCUT2D eigenvalue weighted by molar-refractivity contribution is 0.0996. The fraction of sp³-hybridized carbons (Fsp3) is 0.235. The Morgan fingerprint density at radius 2 is 2.04 bits per heavy atom. The average molecular weight is 334 g/mol. The van der Waals surface area contributed by atoms with Crippen LogP contribution in [0.1, 0.15) is 21.5 Å². The van der Waals surface area contributed by atoms with E-state index in [9.17, 15) is 4.79 Å². The average Bonchev–Trinajstić information content (AvgIpc) is 2.53. The molecule has 0 spiro atoms. The number of rotatable bonds is 4. The highest BCUT2D eigenvalue weighted by Crippen LogP contribution is 2.38. The third-order valence-corrected chi connectivity index (χ3v) is 3.73. The summed E-state index contributed by atoms with van der Waals surface area (Å²) in [6.07, 6.45) is 0. The van der Waals surface area contributed by atoms with E-state index in [-0.39, 0.29) is 6.61 Å². The number of carbonyl (C=O) groups is 1. The Bertz CT molecular complexity index is 760. The van der Waals surface area contributed by atoms with Crippen LogP contribution in [0.3, 0.4) is 0 Å². The van der Waals surface area contributed by atoms with E-state index in [2.05, 4.69) is 0 Å². The zero-order valence-corrected chi connectivity index (χ0v) is 13.4. The molecule has 2 aromatic rings. The molecule has 2 aromatic carbocycles. The maximum atomic E-state index is 11.5. The summed E-state index contributed by atoms with van der Waals surface area (Å²) in [6.45, 7) is 3.11. The lowest BCUT2D eigenvalue weighted by atomic mass is 10.1. The standard InChI is InChI=1S/C17H16ClNO4/c1-10-2-3-12(17(19)20)14(6-10)23-9-11-7-13(18)16-15(8-11)21-4-5-22-16/h2-3,6-8H,4-5,9H2,1H3,(H2,19,20). The molecule has 5 nitrogen and oxygen atoms in total. The number of primary amides is 1. The van der Waals surface area contributed by atoms with E-state index in [0.717, 1.165) is 11.1 Å². The number of nitrogens with two attached hydrogens (primary N) is 1. The number of benzene rings is 2. The molecule has 0 bridgehead atoms. The SMILES string of the molecule is Cc1ccc(C(N)=O)c(OCc2cc(Cl)c3c(c2)OCCO3)c1. The second kappa shape index (κ2) is 6.38. The number of halogens is 1. The Morgan fingerprint density at radius 1 is 1.26 bits per heavy atom. The molecule has 0 fully saturated rings. The van der Waals surface area contributed by atoms with Crippen LogP contribution in [0.4, 0.5) is 0 Å². The molecule has 0 saturated carbocycles. The normalized spacial score (nSPS) is 12.8. The summed E-state index contributed by atoms with van der Waals surface area (Å²) < 4.78 is 16.8. The van der Waals surface area contributed by atoms with Gasteiger partial charge in [-0.15, -0.1) is 0 Å². The lowest BCUT2D eigenvalue weighted by Crippen LogP contribution is -2.16. The zero-order valence-electron chi connectivity index (χ0n) is 12.6. The molecule has 1 heterocycles. The van der Waals surface area contributed by atoms with Crippen LogP contribution in [0, 0.1) is 6.92 Å². The van der Waals surface area contributed by atoms with Crippen LogP contribution in [0.5, 0.6) is 17.2 Å². The molecule has 23 heavy (non-hydrogen) atoms. The maximum absolute atomic E-state index is 11.5. The van der Waals surface area contributed by atoms with Crippen LogP contribution in [0.15, 0.2) is 30.3 Å². The van der Waals surface area contributed by atoms with Crippen molar-refractivity contribution in [2.45, 2.75) is 13.5 Å². The minimum Gasteiger partial charge on any atom is -0.488 e. The van der Waals surface area contributed by atoms with Gasteiger partial charge in [-0.3, -0.25) is 4.79 Å². The van der Waals surface area contributed by atoms with Gasteiger partial charge in [0, 0.05) is 0 Å². The van der Waals surface area contributed by atoms with Crippen LogP contribution in [0.25, 0.3) is 0 Å². The summed E-state index contributed by atoms with van der Waals surface area (Å²) in [5.41, 5.74) is 7.51. The highest BCUT2D eigenvalue weighted by atomic mass is 35.5. The summed E-state index contributed by atoms with van der Waals surface area (Å²) in [4.78, 5) is 11.5. The van der Waals surface area contributed by atoms with Crippen LogP contribution < -0.4 is 19.9 Å². The van der Waals surface area contributed by atoms with Crippen molar-refractivity contribution in [1.82, 2.24) is 0 Å². The first-order chi connectivity index (χ1) is 11.0. The fourth-order valence-corrected chi connectivity index (χ4v) is 2.65. The molecule has 0 aliphatic carbocycles. The van der Waals surface area contributed by atoms with E-state index in [0.29, 0.717) is 41.0 Å². The minimum atomic E-state index is -0.528. The molecule has 1 aliphatic rings. The van der Waals surface area contributed by atoms with E-state index in [1.165, 1.54) is 0 Å². The van der Waals surface area contributed by atoms with E-state index >= 15 is 0 Å².